The third kappa shape index (κ3) is 3.03. The van der Waals surface area contributed by atoms with E-state index < -0.39 is 40.1 Å². The van der Waals surface area contributed by atoms with Gasteiger partial charge in [0.1, 0.15) is 0 Å². The number of amides is 4. The molecule has 4 amide bonds. The first kappa shape index (κ1) is 20.8. The highest BCUT2D eigenvalue weighted by atomic mass is 16.6. The van der Waals surface area contributed by atoms with Gasteiger partial charge in [-0.05, 0) is 31.4 Å². The minimum atomic E-state index is -1.68. The van der Waals surface area contributed by atoms with Crippen LogP contribution in [0.25, 0.3) is 0 Å². The number of piperidine rings is 1. The van der Waals surface area contributed by atoms with E-state index in [-0.39, 0.29) is 31.1 Å². The summed E-state index contributed by atoms with van der Waals surface area (Å²) in [5.74, 6) is -2.32. The normalized spacial score (nSPS) is 27.5. The standard InChI is InChI=1S/C20H22N4O7/c1-3-31-16(25)11-6-7-23-14-5-4-13(24(29)30)8-12(14)10-20(15(23)9-11)17(26)21-19(28)22(2)18(20)27/h4-5,8,11,15H,3,6-7,9-10H2,1-2H3,(H,21,26,28)/t11-,15+,20+/m1/s1. The Hall–Kier alpha value is -3.50. The van der Waals surface area contributed by atoms with Crippen molar-refractivity contribution in [3.8, 4) is 0 Å². The molecule has 11 heteroatoms. The number of nitrogens with one attached hydrogen (secondary N) is 1. The zero-order valence-electron chi connectivity index (χ0n) is 17.1. The largest absolute Gasteiger partial charge is 0.466 e. The van der Waals surface area contributed by atoms with Crippen molar-refractivity contribution in [1.29, 1.82) is 0 Å². The van der Waals surface area contributed by atoms with Crippen LogP contribution in [-0.4, -0.2) is 59.9 Å². The van der Waals surface area contributed by atoms with Gasteiger partial charge in [-0.3, -0.25) is 34.7 Å². The Morgan fingerprint density at radius 3 is 2.77 bits per heavy atom. The molecule has 1 spiro atoms. The van der Waals surface area contributed by atoms with Crippen molar-refractivity contribution < 1.29 is 28.8 Å². The molecular formula is C20H22N4O7. The monoisotopic (exact) mass is 430 g/mol. The average Bonchev–Trinajstić information content (AvgIpc) is 2.75. The number of hydrogen-bond acceptors (Lipinski definition) is 8. The van der Waals surface area contributed by atoms with Gasteiger partial charge in [0.2, 0.25) is 11.8 Å². The molecule has 0 saturated carbocycles. The Bertz CT molecular complexity index is 1010. The Balaban J connectivity index is 1.84. The number of nitrogens with zero attached hydrogens (tertiary/aromatic N) is 3. The first-order valence-corrected chi connectivity index (χ1v) is 10.0. The van der Waals surface area contributed by atoms with Crippen LogP contribution >= 0.6 is 0 Å². The molecule has 4 rings (SSSR count). The van der Waals surface area contributed by atoms with Crippen LogP contribution in [0.4, 0.5) is 16.2 Å². The van der Waals surface area contributed by atoms with Crippen LogP contribution in [0.3, 0.4) is 0 Å². The van der Waals surface area contributed by atoms with Crippen molar-refractivity contribution in [3.05, 3.63) is 33.9 Å². The van der Waals surface area contributed by atoms with Gasteiger partial charge >= 0.3 is 12.0 Å². The molecule has 0 radical (unpaired) electrons. The van der Waals surface area contributed by atoms with Crippen LogP contribution in [0.1, 0.15) is 25.3 Å². The summed E-state index contributed by atoms with van der Waals surface area (Å²) in [7, 11) is 1.28. The van der Waals surface area contributed by atoms with E-state index in [4.69, 9.17) is 4.74 Å². The lowest BCUT2D eigenvalue weighted by Gasteiger charge is -2.54. The minimum absolute atomic E-state index is 0.108. The molecule has 1 N–H and O–H groups in total. The van der Waals surface area contributed by atoms with Gasteiger partial charge in [0.05, 0.1) is 23.5 Å². The van der Waals surface area contributed by atoms with Gasteiger partial charge in [-0.15, -0.1) is 0 Å². The predicted octanol–water partition coefficient (Wildman–Crippen LogP) is 0.994. The van der Waals surface area contributed by atoms with E-state index in [1.165, 1.54) is 19.2 Å². The first-order chi connectivity index (χ1) is 14.7. The Morgan fingerprint density at radius 2 is 2.10 bits per heavy atom. The summed E-state index contributed by atoms with van der Waals surface area (Å²) in [5, 5.41) is 13.5. The van der Waals surface area contributed by atoms with Crippen molar-refractivity contribution in [3.63, 3.8) is 0 Å². The summed E-state index contributed by atoms with van der Waals surface area (Å²) in [5.41, 5.74) is -0.674. The number of carbonyl (C=O) groups excluding carboxylic acids is 4. The number of non-ortho nitro benzene ring substituents is 1. The zero-order valence-corrected chi connectivity index (χ0v) is 17.1. The molecule has 0 aliphatic carbocycles. The summed E-state index contributed by atoms with van der Waals surface area (Å²) in [4.78, 5) is 64.5. The summed E-state index contributed by atoms with van der Waals surface area (Å²) in [6.07, 6.45) is 0.534. The highest BCUT2D eigenvalue weighted by Crippen LogP contribution is 2.49. The first-order valence-electron chi connectivity index (χ1n) is 10.0. The number of ether oxygens (including phenoxy) is 1. The highest BCUT2D eigenvalue weighted by molar-refractivity contribution is 6.20. The number of imide groups is 2. The van der Waals surface area contributed by atoms with E-state index in [1.807, 2.05) is 4.90 Å². The van der Waals surface area contributed by atoms with Gasteiger partial charge in [0, 0.05) is 37.8 Å². The van der Waals surface area contributed by atoms with Crippen molar-refractivity contribution in [2.24, 2.45) is 11.3 Å². The van der Waals surface area contributed by atoms with Crippen molar-refractivity contribution >= 4 is 35.2 Å². The topological polar surface area (TPSA) is 139 Å². The Kier molecular flexibility index (Phi) is 4.91. The molecule has 3 heterocycles. The molecule has 2 saturated heterocycles. The number of fused-ring (bicyclic) bond motifs is 4. The van der Waals surface area contributed by atoms with Crippen LogP contribution in [0.5, 0.6) is 0 Å². The van der Waals surface area contributed by atoms with E-state index in [0.29, 0.717) is 24.2 Å². The highest BCUT2D eigenvalue weighted by Gasteiger charge is 2.62. The predicted molar refractivity (Wildman–Crippen MR) is 106 cm³/mol. The number of hydrogen-bond donors (Lipinski definition) is 1. The second-order valence-electron chi connectivity index (χ2n) is 8.02. The van der Waals surface area contributed by atoms with Gasteiger partial charge in [-0.2, -0.15) is 0 Å². The van der Waals surface area contributed by atoms with Gasteiger partial charge in [-0.1, -0.05) is 0 Å². The molecule has 2 fully saturated rings. The molecule has 164 valence electrons. The summed E-state index contributed by atoms with van der Waals surface area (Å²) in [6.45, 7) is 2.29. The molecule has 1 aromatic rings. The van der Waals surface area contributed by atoms with Crippen LogP contribution < -0.4 is 10.2 Å². The number of carbonyl (C=O) groups is 4. The summed E-state index contributed by atoms with van der Waals surface area (Å²) in [6, 6.07) is 2.83. The molecule has 11 nitrogen and oxygen atoms in total. The fourth-order valence-electron chi connectivity index (χ4n) is 4.95. The quantitative estimate of drug-likeness (QED) is 0.324. The van der Waals surface area contributed by atoms with Crippen molar-refractivity contribution in [2.45, 2.75) is 32.2 Å². The molecule has 3 atom stereocenters. The summed E-state index contributed by atoms with van der Waals surface area (Å²) < 4.78 is 5.16. The van der Waals surface area contributed by atoms with E-state index in [0.717, 1.165) is 4.90 Å². The van der Waals surface area contributed by atoms with Gasteiger partial charge in [0.25, 0.3) is 5.69 Å². The second-order valence-corrected chi connectivity index (χ2v) is 8.02. The van der Waals surface area contributed by atoms with Crippen molar-refractivity contribution in [1.82, 2.24) is 10.2 Å². The fraction of sp³-hybridized carbons (Fsp3) is 0.500. The van der Waals surface area contributed by atoms with E-state index in [1.54, 1.807) is 13.0 Å². The minimum Gasteiger partial charge on any atom is -0.466 e. The third-order valence-corrected chi connectivity index (χ3v) is 6.46. The van der Waals surface area contributed by atoms with Gasteiger partial charge in [-0.25, -0.2) is 4.79 Å². The molecule has 31 heavy (non-hydrogen) atoms. The second kappa shape index (κ2) is 7.33. The van der Waals surface area contributed by atoms with Crippen LogP contribution in [0.15, 0.2) is 18.2 Å². The van der Waals surface area contributed by atoms with Crippen LogP contribution in [0.2, 0.25) is 0 Å². The average molecular weight is 430 g/mol. The van der Waals surface area contributed by atoms with E-state index in [9.17, 15) is 29.3 Å². The number of benzene rings is 1. The van der Waals surface area contributed by atoms with Crippen LogP contribution in [-0.2, 0) is 25.5 Å². The number of esters is 1. The van der Waals surface area contributed by atoms with Gasteiger partial charge in [0.15, 0.2) is 5.41 Å². The van der Waals surface area contributed by atoms with Gasteiger partial charge < -0.3 is 9.64 Å². The number of barbiturate groups is 1. The maximum absolute atomic E-state index is 13.4. The molecule has 0 aromatic heterocycles. The molecule has 1 aromatic carbocycles. The lowest BCUT2D eigenvalue weighted by Crippen LogP contribution is -2.72. The number of urea groups is 1. The molecule has 0 bridgehead atoms. The summed E-state index contributed by atoms with van der Waals surface area (Å²) >= 11 is 0. The Morgan fingerprint density at radius 1 is 1.35 bits per heavy atom. The molecular weight excluding hydrogens is 408 g/mol. The maximum atomic E-state index is 13.4. The number of nitro groups is 1. The SMILES string of the molecule is CCOC(=O)[C@@H]1CCN2c3ccc([N+](=O)[O-])cc3C[C@@]3(C(=O)NC(=O)N(C)C3=O)[C@@H]2C1. The van der Waals surface area contributed by atoms with E-state index >= 15 is 0 Å². The zero-order chi connectivity index (χ0) is 22.5. The molecule has 3 aliphatic rings. The van der Waals surface area contributed by atoms with Crippen LogP contribution in [0, 0.1) is 21.4 Å². The lowest BCUT2D eigenvalue weighted by molar-refractivity contribution is -0.384. The number of anilines is 1. The lowest BCUT2D eigenvalue weighted by atomic mass is 9.64. The molecule has 3 aliphatic heterocycles. The molecule has 0 unspecified atom stereocenters. The fourth-order valence-corrected chi connectivity index (χ4v) is 4.95. The maximum Gasteiger partial charge on any atom is 0.330 e. The number of nitro benzene ring substituents is 1. The Labute approximate surface area is 177 Å². The van der Waals surface area contributed by atoms with Crippen molar-refractivity contribution in [2.75, 3.05) is 25.1 Å². The smallest absolute Gasteiger partial charge is 0.330 e. The third-order valence-electron chi connectivity index (χ3n) is 6.46. The van der Waals surface area contributed by atoms with E-state index in [2.05, 4.69) is 5.32 Å². The number of rotatable bonds is 3.